The van der Waals surface area contributed by atoms with E-state index < -0.39 is 6.10 Å². The highest BCUT2D eigenvalue weighted by atomic mass is 16.5. The minimum Gasteiger partial charge on any atom is -0.492 e. The molecular formula is C14H19NO3. The summed E-state index contributed by atoms with van der Waals surface area (Å²) in [6.45, 7) is 4.06. The van der Waals surface area contributed by atoms with E-state index in [9.17, 15) is 5.11 Å². The molecule has 2 aliphatic rings. The van der Waals surface area contributed by atoms with Gasteiger partial charge in [-0.15, -0.1) is 0 Å². The molecule has 18 heavy (non-hydrogen) atoms. The number of nitrogens with zero attached hydrogens (tertiary/aromatic N) is 1. The number of ether oxygens (including phenoxy) is 2. The van der Waals surface area contributed by atoms with Gasteiger partial charge < -0.3 is 14.6 Å². The lowest BCUT2D eigenvalue weighted by Crippen LogP contribution is -2.46. The number of aliphatic hydroxyl groups excluding tert-OH is 1. The minimum absolute atomic E-state index is 0.274. The van der Waals surface area contributed by atoms with Crippen molar-refractivity contribution in [1.29, 1.82) is 0 Å². The van der Waals surface area contributed by atoms with E-state index in [1.165, 1.54) is 0 Å². The van der Waals surface area contributed by atoms with E-state index in [1.807, 2.05) is 24.3 Å². The Bertz CT molecular complexity index is 404. The molecule has 0 bridgehead atoms. The predicted octanol–water partition coefficient (Wildman–Crippen LogP) is 1.20. The van der Waals surface area contributed by atoms with E-state index in [2.05, 4.69) is 4.90 Å². The quantitative estimate of drug-likeness (QED) is 0.812. The molecule has 3 rings (SSSR count). The van der Waals surface area contributed by atoms with E-state index in [-0.39, 0.29) is 6.04 Å². The van der Waals surface area contributed by atoms with Crippen LogP contribution in [0, 0.1) is 0 Å². The predicted molar refractivity (Wildman–Crippen MR) is 67.7 cm³/mol. The summed E-state index contributed by atoms with van der Waals surface area (Å²) >= 11 is 0. The van der Waals surface area contributed by atoms with Crippen LogP contribution in [-0.4, -0.2) is 49.0 Å². The van der Waals surface area contributed by atoms with Gasteiger partial charge in [0.25, 0.3) is 0 Å². The minimum atomic E-state index is -0.434. The molecule has 0 aromatic heterocycles. The molecule has 1 saturated heterocycles. The van der Waals surface area contributed by atoms with Crippen LogP contribution in [0.15, 0.2) is 24.3 Å². The van der Waals surface area contributed by atoms with Crippen molar-refractivity contribution in [2.24, 2.45) is 0 Å². The molecule has 1 aromatic rings. The number of morpholine rings is 1. The number of hydrogen-bond acceptors (Lipinski definition) is 4. The van der Waals surface area contributed by atoms with Crippen LogP contribution >= 0.6 is 0 Å². The van der Waals surface area contributed by atoms with Gasteiger partial charge in [0.05, 0.1) is 19.3 Å². The number of benzene rings is 1. The van der Waals surface area contributed by atoms with Crippen LogP contribution in [0.2, 0.25) is 0 Å². The summed E-state index contributed by atoms with van der Waals surface area (Å²) in [4.78, 5) is 2.36. The molecule has 2 heterocycles. The van der Waals surface area contributed by atoms with Gasteiger partial charge in [-0.3, -0.25) is 4.90 Å². The fraction of sp³-hybridized carbons (Fsp3) is 0.571. The number of aliphatic hydroxyl groups is 1. The second-order valence-corrected chi connectivity index (χ2v) is 4.90. The molecule has 1 N–H and O–H groups in total. The van der Waals surface area contributed by atoms with E-state index in [0.29, 0.717) is 6.61 Å². The Kier molecular flexibility index (Phi) is 3.50. The van der Waals surface area contributed by atoms with Crippen molar-refractivity contribution >= 4 is 0 Å². The zero-order valence-electron chi connectivity index (χ0n) is 10.4. The highest BCUT2D eigenvalue weighted by Crippen LogP contribution is 2.32. The van der Waals surface area contributed by atoms with Gasteiger partial charge in [-0.05, 0) is 12.5 Å². The first-order valence-corrected chi connectivity index (χ1v) is 6.56. The van der Waals surface area contributed by atoms with Crippen LogP contribution < -0.4 is 4.74 Å². The van der Waals surface area contributed by atoms with Crippen molar-refractivity contribution < 1.29 is 14.6 Å². The Morgan fingerprint density at radius 1 is 1.17 bits per heavy atom. The van der Waals surface area contributed by atoms with Crippen LogP contribution in [0.3, 0.4) is 0 Å². The number of fused-ring (bicyclic) bond motifs is 1. The Morgan fingerprint density at radius 2 is 1.94 bits per heavy atom. The van der Waals surface area contributed by atoms with E-state index in [0.717, 1.165) is 44.0 Å². The molecule has 0 unspecified atom stereocenters. The summed E-state index contributed by atoms with van der Waals surface area (Å²) in [5.41, 5.74) is 0.910. The van der Waals surface area contributed by atoms with Crippen LogP contribution in [0.25, 0.3) is 0 Å². The van der Waals surface area contributed by atoms with Crippen molar-refractivity contribution in [3.63, 3.8) is 0 Å². The van der Waals surface area contributed by atoms with E-state index >= 15 is 0 Å². The molecule has 4 nitrogen and oxygen atoms in total. The zero-order chi connectivity index (χ0) is 12.4. The Hall–Kier alpha value is -1.10. The van der Waals surface area contributed by atoms with Crippen molar-refractivity contribution in [1.82, 2.24) is 4.90 Å². The third-order valence-corrected chi connectivity index (χ3v) is 3.77. The van der Waals surface area contributed by atoms with Crippen LogP contribution in [-0.2, 0) is 4.74 Å². The smallest absolute Gasteiger partial charge is 0.125 e. The Labute approximate surface area is 107 Å². The first-order chi connectivity index (χ1) is 8.84. The lowest BCUT2D eigenvalue weighted by molar-refractivity contribution is -0.00386. The van der Waals surface area contributed by atoms with Crippen molar-refractivity contribution in [3.05, 3.63) is 29.8 Å². The van der Waals surface area contributed by atoms with Crippen molar-refractivity contribution in [3.8, 4) is 5.75 Å². The molecule has 1 aromatic carbocycles. The van der Waals surface area contributed by atoms with Gasteiger partial charge in [0, 0.05) is 24.7 Å². The van der Waals surface area contributed by atoms with Gasteiger partial charge in [-0.25, -0.2) is 0 Å². The van der Waals surface area contributed by atoms with Crippen LogP contribution in [0.4, 0.5) is 0 Å². The summed E-state index contributed by atoms with van der Waals surface area (Å²) in [5, 5.41) is 10.3. The highest BCUT2D eigenvalue weighted by molar-refractivity contribution is 5.36. The summed E-state index contributed by atoms with van der Waals surface area (Å²) in [7, 11) is 0. The number of para-hydroxylation sites is 1. The summed E-state index contributed by atoms with van der Waals surface area (Å²) < 4.78 is 11.2. The van der Waals surface area contributed by atoms with Gasteiger partial charge in [0.15, 0.2) is 0 Å². The molecule has 98 valence electrons. The second-order valence-electron chi connectivity index (χ2n) is 4.90. The van der Waals surface area contributed by atoms with Gasteiger partial charge in [-0.1, -0.05) is 18.2 Å². The second kappa shape index (κ2) is 5.26. The van der Waals surface area contributed by atoms with Gasteiger partial charge in [0.2, 0.25) is 0 Å². The third kappa shape index (κ3) is 2.36. The van der Waals surface area contributed by atoms with Gasteiger partial charge in [-0.2, -0.15) is 0 Å². The van der Waals surface area contributed by atoms with Crippen molar-refractivity contribution in [2.75, 3.05) is 32.9 Å². The average Bonchev–Trinajstić information content (AvgIpc) is 2.60. The Balaban J connectivity index is 1.75. The maximum Gasteiger partial charge on any atom is 0.125 e. The summed E-state index contributed by atoms with van der Waals surface area (Å²) in [5.74, 6) is 0.820. The molecule has 0 radical (unpaired) electrons. The van der Waals surface area contributed by atoms with Gasteiger partial charge in [0.1, 0.15) is 12.4 Å². The third-order valence-electron chi connectivity index (χ3n) is 3.77. The molecule has 4 heteroatoms. The normalized spacial score (nSPS) is 29.2. The first kappa shape index (κ1) is 12.0. The van der Waals surface area contributed by atoms with Crippen LogP contribution in [0.5, 0.6) is 5.75 Å². The maximum atomic E-state index is 10.3. The standard InChI is InChI=1S/C14H19NO3/c16-13-9-11(15-5-7-17-8-6-15)10-18-14-4-2-1-3-12(13)14/h1-4,11,13,16H,5-10H2/t11-,13+/m1/s1. The summed E-state index contributed by atoms with van der Waals surface area (Å²) in [6.07, 6.45) is 0.299. The maximum absolute atomic E-state index is 10.3. The van der Waals surface area contributed by atoms with Crippen molar-refractivity contribution in [2.45, 2.75) is 18.6 Å². The largest absolute Gasteiger partial charge is 0.492 e. The molecular weight excluding hydrogens is 230 g/mol. The Morgan fingerprint density at radius 3 is 2.78 bits per heavy atom. The average molecular weight is 249 g/mol. The topological polar surface area (TPSA) is 41.9 Å². The fourth-order valence-electron chi connectivity index (χ4n) is 2.72. The molecule has 2 atom stereocenters. The lowest BCUT2D eigenvalue weighted by Gasteiger charge is -2.33. The molecule has 2 aliphatic heterocycles. The highest BCUT2D eigenvalue weighted by Gasteiger charge is 2.28. The number of rotatable bonds is 1. The summed E-state index contributed by atoms with van der Waals surface area (Å²) in [6, 6.07) is 8.04. The van der Waals surface area contributed by atoms with E-state index in [1.54, 1.807) is 0 Å². The lowest BCUT2D eigenvalue weighted by atomic mass is 10.0. The first-order valence-electron chi connectivity index (χ1n) is 6.56. The molecule has 0 aliphatic carbocycles. The van der Waals surface area contributed by atoms with E-state index in [4.69, 9.17) is 9.47 Å². The molecule has 0 amide bonds. The monoisotopic (exact) mass is 249 g/mol. The SMILES string of the molecule is O[C@H]1C[C@@H](N2CCOCC2)COc2ccccc21. The molecule has 0 saturated carbocycles. The van der Waals surface area contributed by atoms with Crippen LogP contribution in [0.1, 0.15) is 18.1 Å². The fourth-order valence-corrected chi connectivity index (χ4v) is 2.72. The number of hydrogen-bond donors (Lipinski definition) is 1. The molecule has 1 fully saturated rings. The zero-order valence-corrected chi connectivity index (χ0v) is 10.4. The molecule has 0 spiro atoms. The van der Waals surface area contributed by atoms with Gasteiger partial charge >= 0.3 is 0 Å².